The van der Waals surface area contributed by atoms with Gasteiger partial charge in [0.2, 0.25) is 29.5 Å². The van der Waals surface area contributed by atoms with Gasteiger partial charge in [0.25, 0.3) is 0 Å². The molecule has 13 heteroatoms. The van der Waals surface area contributed by atoms with Crippen LogP contribution in [0.25, 0.3) is 22.6 Å². The second kappa shape index (κ2) is 11.9. The van der Waals surface area contributed by atoms with Crippen LogP contribution in [0.5, 0.6) is 11.5 Å². The van der Waals surface area contributed by atoms with Crippen molar-refractivity contribution in [3.8, 4) is 23.0 Å². The number of para-hydroxylation sites is 3. The largest absolute Gasteiger partial charge is 0.573 e. The molecule has 5 aromatic rings. The van der Waals surface area contributed by atoms with E-state index < -0.39 is 76.5 Å². The second-order valence-corrected chi connectivity index (χ2v) is 14.3. The minimum atomic E-state index is -5.04. The normalized spacial score (nSPS) is 26.5. The Morgan fingerprint density at radius 2 is 1.54 bits per heavy atom. The van der Waals surface area contributed by atoms with Crippen molar-refractivity contribution in [2.45, 2.75) is 32.0 Å². The van der Waals surface area contributed by atoms with Gasteiger partial charge in [-0.25, -0.2) is 9.88 Å². The quantitative estimate of drug-likeness (QED) is 0.145. The van der Waals surface area contributed by atoms with Crippen LogP contribution in [0.2, 0.25) is 0 Å². The van der Waals surface area contributed by atoms with Gasteiger partial charge in [0, 0.05) is 17.0 Å². The number of allylic oxidation sites excluding steroid dienone is 2. The Kier molecular flexibility index (Phi) is 7.39. The Hall–Kier alpha value is -6.24. The van der Waals surface area contributed by atoms with Crippen LogP contribution in [0.1, 0.15) is 31.2 Å². The van der Waals surface area contributed by atoms with E-state index in [1.807, 2.05) is 18.2 Å². The predicted octanol–water partition coefficient (Wildman–Crippen LogP) is 7.53. The molecule has 1 N–H and O–H groups in total. The number of hydrogen-bond acceptors (Lipinski definition) is 8. The second-order valence-electron chi connectivity index (χ2n) is 14.3. The molecule has 3 heterocycles. The summed E-state index contributed by atoms with van der Waals surface area (Å²) in [5, 5.41) is 11.2. The summed E-state index contributed by atoms with van der Waals surface area (Å²) in [7, 11) is 0. The van der Waals surface area contributed by atoms with Crippen LogP contribution < -0.4 is 14.5 Å². The van der Waals surface area contributed by atoms with Gasteiger partial charge in [-0.05, 0) is 92.4 Å². The summed E-state index contributed by atoms with van der Waals surface area (Å²) >= 11 is 0. The number of fused-ring (bicyclic) bond motifs is 5. The topological polar surface area (TPSA) is 130 Å². The van der Waals surface area contributed by atoms with Crippen molar-refractivity contribution in [1.29, 1.82) is 0 Å². The van der Waals surface area contributed by atoms with Gasteiger partial charge in [-0.15, -0.1) is 13.2 Å². The molecule has 1 aromatic heterocycles. The molecular formula is C41H30F3N3O7. The van der Waals surface area contributed by atoms with E-state index in [9.17, 15) is 37.5 Å². The maximum Gasteiger partial charge on any atom is 0.573 e. The van der Waals surface area contributed by atoms with E-state index in [-0.39, 0.29) is 18.4 Å². The van der Waals surface area contributed by atoms with Gasteiger partial charge in [-0.2, -0.15) is 0 Å². The third kappa shape index (κ3) is 4.97. The maximum atomic E-state index is 14.6. The fourth-order valence-corrected chi connectivity index (χ4v) is 9.15. The number of oxazole rings is 1. The SMILES string of the molecule is C[C@@]12C(=O)N(c3ccccc3)C(=O)[C@@H]1C[C@@H]1C(=CC[C@@H]3C(=O)N(c4ccc(-c5nc6ccccc6o5)cc4)C(=O)[C@@H]31)[C@@H]2c1cc(OC(F)(F)F)ccc1O. The number of benzene rings is 4. The highest BCUT2D eigenvalue weighted by Gasteiger charge is 2.68. The number of amides is 4. The molecule has 6 atom stereocenters. The van der Waals surface area contributed by atoms with Crippen molar-refractivity contribution in [1.82, 2.24) is 4.98 Å². The van der Waals surface area contributed by atoms with Crippen LogP contribution in [0.3, 0.4) is 0 Å². The average molecular weight is 734 g/mol. The number of aromatic hydroxyl groups is 1. The molecule has 0 spiro atoms. The van der Waals surface area contributed by atoms with E-state index in [2.05, 4.69) is 9.72 Å². The number of aromatic nitrogens is 1. The number of nitrogens with zero attached hydrogens (tertiary/aromatic N) is 3. The summed E-state index contributed by atoms with van der Waals surface area (Å²) in [6.45, 7) is 1.58. The smallest absolute Gasteiger partial charge is 0.508 e. The Bertz CT molecular complexity index is 2390. The zero-order chi connectivity index (χ0) is 37.7. The molecule has 2 aliphatic carbocycles. The molecule has 10 nitrogen and oxygen atoms in total. The highest BCUT2D eigenvalue weighted by atomic mass is 19.4. The Morgan fingerprint density at radius 1 is 0.833 bits per heavy atom. The van der Waals surface area contributed by atoms with Gasteiger partial charge in [-0.1, -0.05) is 42.0 Å². The number of carbonyl (C=O) groups is 4. The molecular weight excluding hydrogens is 703 g/mol. The first-order valence-corrected chi connectivity index (χ1v) is 17.4. The fraction of sp³-hybridized carbons (Fsp3) is 0.244. The van der Waals surface area contributed by atoms with Crippen molar-refractivity contribution in [2.75, 3.05) is 9.80 Å². The van der Waals surface area contributed by atoms with Gasteiger partial charge in [0.05, 0.1) is 34.5 Å². The summed E-state index contributed by atoms with van der Waals surface area (Å²) in [6, 6.07) is 25.3. The third-order valence-electron chi connectivity index (χ3n) is 11.5. The lowest BCUT2D eigenvalue weighted by Crippen LogP contribution is -2.49. The van der Waals surface area contributed by atoms with Crippen LogP contribution in [-0.2, 0) is 19.2 Å². The summed E-state index contributed by atoms with van der Waals surface area (Å²) in [4.78, 5) is 64.2. The standard InChI is InChI=1S/C41H30F3N3O7/c1-40-29(37(50)47(39(40)52)22-7-3-2-4-8-22)20-27-25(34(40)28-19-24(15-18-31(28)48)54-41(42,43)44)16-17-26-33(27)38(51)46(36(26)49)23-13-11-21(12-14-23)35-45-30-9-5-6-10-32(30)53-35/h2-16,18-19,26-27,29,33-34,48H,17,20H2,1H3/t26-,27+,29-,33-,34+,40+/m0/s1. The number of rotatable bonds is 5. The van der Waals surface area contributed by atoms with Crippen molar-refractivity contribution in [3.63, 3.8) is 0 Å². The molecule has 272 valence electrons. The van der Waals surface area contributed by atoms with E-state index in [0.29, 0.717) is 39.5 Å². The lowest BCUT2D eigenvalue weighted by Gasteiger charge is -2.49. The number of halogens is 3. The van der Waals surface area contributed by atoms with Gasteiger partial charge >= 0.3 is 6.36 Å². The van der Waals surface area contributed by atoms with Gasteiger partial charge in [-0.3, -0.25) is 24.1 Å². The molecule has 0 radical (unpaired) electrons. The van der Waals surface area contributed by atoms with Crippen LogP contribution >= 0.6 is 0 Å². The molecule has 1 saturated carbocycles. The Labute approximate surface area is 305 Å². The molecule has 4 aliphatic rings. The van der Waals surface area contributed by atoms with E-state index in [1.54, 1.807) is 73.7 Å². The zero-order valence-corrected chi connectivity index (χ0v) is 28.5. The van der Waals surface area contributed by atoms with Crippen LogP contribution in [0.15, 0.2) is 113 Å². The highest BCUT2D eigenvalue weighted by Crippen LogP contribution is 2.64. The number of carbonyl (C=O) groups excluding carboxylic acids is 4. The minimum Gasteiger partial charge on any atom is -0.508 e. The van der Waals surface area contributed by atoms with Crippen molar-refractivity contribution in [2.24, 2.45) is 29.1 Å². The minimum absolute atomic E-state index is 0.0247. The number of imide groups is 2. The molecule has 4 aromatic carbocycles. The molecule has 9 rings (SSSR count). The number of phenols is 1. The van der Waals surface area contributed by atoms with E-state index in [4.69, 9.17) is 4.42 Å². The molecule has 54 heavy (non-hydrogen) atoms. The van der Waals surface area contributed by atoms with Crippen molar-refractivity contribution in [3.05, 3.63) is 114 Å². The lowest BCUT2D eigenvalue weighted by atomic mass is 9.51. The first-order chi connectivity index (χ1) is 25.8. The summed E-state index contributed by atoms with van der Waals surface area (Å²) in [6.07, 6.45) is -3.17. The highest BCUT2D eigenvalue weighted by molar-refractivity contribution is 6.25. The first kappa shape index (κ1) is 33.6. The van der Waals surface area contributed by atoms with Gasteiger partial charge in [0.15, 0.2) is 5.58 Å². The third-order valence-corrected chi connectivity index (χ3v) is 11.5. The molecule has 3 fully saturated rings. The zero-order valence-electron chi connectivity index (χ0n) is 28.5. The summed E-state index contributed by atoms with van der Waals surface area (Å²) in [5.74, 6) is -7.39. The fourth-order valence-electron chi connectivity index (χ4n) is 9.15. The molecule has 2 saturated heterocycles. The number of ether oxygens (including phenoxy) is 1. The van der Waals surface area contributed by atoms with Gasteiger partial charge < -0.3 is 14.3 Å². The monoisotopic (exact) mass is 733 g/mol. The van der Waals surface area contributed by atoms with E-state index in [0.717, 1.165) is 28.0 Å². The maximum absolute atomic E-state index is 14.6. The van der Waals surface area contributed by atoms with Crippen LogP contribution in [0, 0.1) is 29.1 Å². The van der Waals surface area contributed by atoms with Crippen molar-refractivity contribution < 1.29 is 46.6 Å². The lowest BCUT2D eigenvalue weighted by molar-refractivity contribution is -0.274. The van der Waals surface area contributed by atoms with Crippen molar-refractivity contribution >= 4 is 46.1 Å². The first-order valence-electron chi connectivity index (χ1n) is 17.4. The van der Waals surface area contributed by atoms with Gasteiger partial charge in [0.1, 0.15) is 17.0 Å². The Balaban J connectivity index is 1.11. The summed E-state index contributed by atoms with van der Waals surface area (Å²) < 4.78 is 50.3. The average Bonchev–Trinajstić information content (AvgIpc) is 3.76. The number of hydrogen-bond donors (Lipinski definition) is 1. The number of alkyl halides is 3. The molecule has 0 bridgehead atoms. The van der Waals surface area contributed by atoms with E-state index >= 15 is 0 Å². The molecule has 2 aliphatic heterocycles. The number of anilines is 2. The number of phenolic OH excluding ortho intramolecular Hbond substituents is 1. The predicted molar refractivity (Wildman–Crippen MR) is 188 cm³/mol. The van der Waals surface area contributed by atoms with E-state index in [1.165, 1.54) is 0 Å². The molecule has 0 unspecified atom stereocenters. The van der Waals surface area contributed by atoms with Crippen LogP contribution in [0.4, 0.5) is 24.5 Å². The Morgan fingerprint density at radius 3 is 2.26 bits per heavy atom. The molecule has 4 amide bonds. The van der Waals surface area contributed by atoms with Crippen LogP contribution in [-0.4, -0.2) is 40.1 Å². The summed E-state index contributed by atoms with van der Waals surface area (Å²) in [5.41, 5.74) is 1.43.